The van der Waals surface area contributed by atoms with Gasteiger partial charge in [0.1, 0.15) is 5.75 Å². The number of nitrogens with one attached hydrogen (secondary N) is 1. The number of fused-ring (bicyclic) bond motifs is 1. The third-order valence-corrected chi connectivity index (χ3v) is 4.14. The minimum Gasteiger partial charge on any atom is -0.478 e. The summed E-state index contributed by atoms with van der Waals surface area (Å²) in [6.07, 6.45) is 1.71. The van der Waals surface area contributed by atoms with E-state index in [2.05, 4.69) is 26.2 Å². The second kappa shape index (κ2) is 6.61. The molecule has 1 N–H and O–H groups in total. The van der Waals surface area contributed by atoms with Gasteiger partial charge in [-0.25, -0.2) is 0 Å². The van der Waals surface area contributed by atoms with Gasteiger partial charge in [0.25, 0.3) is 5.91 Å². The number of pyridine rings is 1. The number of rotatable bonds is 4. The molecule has 24 heavy (non-hydrogen) atoms. The highest BCUT2D eigenvalue weighted by Gasteiger charge is 2.30. The number of nitrogens with zero attached hydrogens (tertiary/aromatic N) is 1. The number of benzene rings is 2. The topological polar surface area (TPSA) is 51.2 Å². The first kappa shape index (κ1) is 16.5. The number of anilines is 1. The van der Waals surface area contributed by atoms with Gasteiger partial charge in [-0.15, -0.1) is 0 Å². The van der Waals surface area contributed by atoms with Gasteiger partial charge in [-0.2, -0.15) is 0 Å². The molecule has 122 valence electrons. The number of hydrogen-bond donors (Lipinski definition) is 1. The van der Waals surface area contributed by atoms with E-state index in [1.54, 1.807) is 20.0 Å². The summed E-state index contributed by atoms with van der Waals surface area (Å²) in [6, 6.07) is 16.9. The van der Waals surface area contributed by atoms with Crippen molar-refractivity contribution in [3.05, 3.63) is 65.3 Å². The maximum absolute atomic E-state index is 12.7. The average Bonchev–Trinajstić information content (AvgIpc) is 2.57. The largest absolute Gasteiger partial charge is 0.478 e. The zero-order valence-corrected chi connectivity index (χ0v) is 15.0. The summed E-state index contributed by atoms with van der Waals surface area (Å²) in [6.45, 7) is 3.48. The SMILES string of the molecule is CC(C)(Oc1ccc(Br)cc1)C(=O)Nc1cccc2cccnc12. The molecule has 0 bridgehead atoms. The summed E-state index contributed by atoms with van der Waals surface area (Å²) in [5, 5.41) is 3.90. The zero-order valence-electron chi connectivity index (χ0n) is 13.4. The van der Waals surface area contributed by atoms with E-state index in [1.807, 2.05) is 54.6 Å². The first-order valence-corrected chi connectivity index (χ1v) is 8.35. The highest BCUT2D eigenvalue weighted by Crippen LogP contribution is 2.25. The lowest BCUT2D eigenvalue weighted by atomic mass is 10.1. The van der Waals surface area contributed by atoms with Crippen LogP contribution in [-0.2, 0) is 4.79 Å². The van der Waals surface area contributed by atoms with Crippen LogP contribution in [0.1, 0.15) is 13.8 Å². The minimum atomic E-state index is -1.02. The molecule has 5 heteroatoms. The van der Waals surface area contributed by atoms with Crippen LogP contribution in [0.2, 0.25) is 0 Å². The third-order valence-electron chi connectivity index (χ3n) is 3.61. The molecule has 0 spiro atoms. The van der Waals surface area contributed by atoms with Gasteiger partial charge in [0.2, 0.25) is 0 Å². The molecule has 0 fully saturated rings. The minimum absolute atomic E-state index is 0.233. The molecule has 1 aromatic heterocycles. The summed E-state index contributed by atoms with van der Waals surface area (Å²) >= 11 is 3.38. The van der Waals surface area contributed by atoms with Gasteiger partial charge in [0.05, 0.1) is 11.2 Å². The van der Waals surface area contributed by atoms with Crippen molar-refractivity contribution in [3.8, 4) is 5.75 Å². The third kappa shape index (κ3) is 3.57. The number of hydrogen-bond acceptors (Lipinski definition) is 3. The summed E-state index contributed by atoms with van der Waals surface area (Å²) < 4.78 is 6.81. The Kier molecular flexibility index (Phi) is 4.53. The number of halogens is 1. The van der Waals surface area contributed by atoms with Crippen molar-refractivity contribution in [1.82, 2.24) is 4.98 Å². The van der Waals surface area contributed by atoms with Crippen LogP contribution in [0, 0.1) is 0 Å². The van der Waals surface area contributed by atoms with Gasteiger partial charge in [0, 0.05) is 16.1 Å². The Balaban J connectivity index is 1.81. The lowest BCUT2D eigenvalue weighted by Gasteiger charge is -2.25. The normalized spacial score (nSPS) is 11.3. The van der Waals surface area contributed by atoms with E-state index >= 15 is 0 Å². The molecular formula is C19H17BrN2O2. The molecule has 4 nitrogen and oxygen atoms in total. The zero-order chi connectivity index (χ0) is 17.2. The van der Waals surface area contributed by atoms with Crippen LogP contribution in [-0.4, -0.2) is 16.5 Å². The van der Waals surface area contributed by atoms with Crippen LogP contribution in [0.15, 0.2) is 65.3 Å². The van der Waals surface area contributed by atoms with Gasteiger partial charge < -0.3 is 10.1 Å². The molecule has 0 unspecified atom stereocenters. The monoisotopic (exact) mass is 384 g/mol. The maximum Gasteiger partial charge on any atom is 0.268 e. The molecule has 3 rings (SSSR count). The Morgan fingerprint density at radius 3 is 2.54 bits per heavy atom. The lowest BCUT2D eigenvalue weighted by molar-refractivity contribution is -0.128. The van der Waals surface area contributed by atoms with Gasteiger partial charge in [0.15, 0.2) is 5.60 Å². The lowest BCUT2D eigenvalue weighted by Crippen LogP contribution is -2.42. The van der Waals surface area contributed by atoms with Gasteiger partial charge >= 0.3 is 0 Å². The second-order valence-electron chi connectivity index (χ2n) is 5.90. The fraction of sp³-hybridized carbons (Fsp3) is 0.158. The molecule has 0 aliphatic rings. The number of carbonyl (C=O) groups excluding carboxylic acids is 1. The van der Waals surface area contributed by atoms with E-state index in [-0.39, 0.29) is 5.91 Å². The van der Waals surface area contributed by atoms with E-state index in [0.717, 1.165) is 15.4 Å². The van der Waals surface area contributed by atoms with E-state index in [1.165, 1.54) is 0 Å². The highest BCUT2D eigenvalue weighted by molar-refractivity contribution is 9.10. The van der Waals surface area contributed by atoms with Crippen molar-refractivity contribution >= 4 is 38.4 Å². The average molecular weight is 385 g/mol. The molecule has 1 amide bonds. The smallest absolute Gasteiger partial charge is 0.268 e. The number of para-hydroxylation sites is 1. The number of ether oxygens (including phenoxy) is 1. The Bertz CT molecular complexity index is 871. The molecule has 0 saturated carbocycles. The predicted molar refractivity (Wildman–Crippen MR) is 99.2 cm³/mol. The van der Waals surface area contributed by atoms with Crippen LogP contribution < -0.4 is 10.1 Å². The van der Waals surface area contributed by atoms with Crippen molar-refractivity contribution in [1.29, 1.82) is 0 Å². The highest BCUT2D eigenvalue weighted by atomic mass is 79.9. The first-order chi connectivity index (χ1) is 11.5. The summed E-state index contributed by atoms with van der Waals surface area (Å²) in [5.41, 5.74) is 0.406. The molecule has 0 aliphatic heterocycles. The van der Waals surface area contributed by atoms with E-state index < -0.39 is 5.60 Å². The second-order valence-corrected chi connectivity index (χ2v) is 6.82. The summed E-state index contributed by atoms with van der Waals surface area (Å²) in [7, 11) is 0. The fourth-order valence-electron chi connectivity index (χ4n) is 2.32. The molecule has 3 aromatic rings. The first-order valence-electron chi connectivity index (χ1n) is 7.55. The van der Waals surface area contributed by atoms with Crippen LogP contribution >= 0.6 is 15.9 Å². The fourth-order valence-corrected chi connectivity index (χ4v) is 2.59. The Labute approximate surface area is 149 Å². The predicted octanol–water partition coefficient (Wildman–Crippen LogP) is 4.79. The van der Waals surface area contributed by atoms with Crippen LogP contribution in [0.3, 0.4) is 0 Å². The molecule has 2 aromatic carbocycles. The van der Waals surface area contributed by atoms with Crippen molar-refractivity contribution in [3.63, 3.8) is 0 Å². The molecule has 0 aliphatic carbocycles. The van der Waals surface area contributed by atoms with Crippen molar-refractivity contribution in [2.24, 2.45) is 0 Å². The number of amides is 1. The Morgan fingerprint density at radius 2 is 1.79 bits per heavy atom. The molecular weight excluding hydrogens is 368 g/mol. The molecule has 1 heterocycles. The molecule has 0 atom stereocenters. The molecule has 0 saturated heterocycles. The van der Waals surface area contributed by atoms with E-state index in [0.29, 0.717) is 11.4 Å². The Morgan fingerprint density at radius 1 is 1.08 bits per heavy atom. The van der Waals surface area contributed by atoms with Crippen molar-refractivity contribution < 1.29 is 9.53 Å². The van der Waals surface area contributed by atoms with Crippen LogP contribution in [0.5, 0.6) is 5.75 Å². The summed E-state index contributed by atoms with van der Waals surface area (Å²) in [5.74, 6) is 0.401. The van der Waals surface area contributed by atoms with E-state index in [9.17, 15) is 4.79 Å². The number of aromatic nitrogens is 1. The van der Waals surface area contributed by atoms with Crippen molar-refractivity contribution in [2.75, 3.05) is 5.32 Å². The maximum atomic E-state index is 12.7. The van der Waals surface area contributed by atoms with E-state index in [4.69, 9.17) is 4.74 Å². The van der Waals surface area contributed by atoms with Gasteiger partial charge in [-0.1, -0.05) is 34.1 Å². The van der Waals surface area contributed by atoms with Crippen molar-refractivity contribution in [2.45, 2.75) is 19.4 Å². The summed E-state index contributed by atoms with van der Waals surface area (Å²) in [4.78, 5) is 17.0. The quantitative estimate of drug-likeness (QED) is 0.702. The van der Waals surface area contributed by atoms with Crippen LogP contribution in [0.4, 0.5) is 5.69 Å². The van der Waals surface area contributed by atoms with Gasteiger partial charge in [-0.05, 0) is 50.2 Å². The molecule has 0 radical (unpaired) electrons. The van der Waals surface area contributed by atoms with Crippen LogP contribution in [0.25, 0.3) is 10.9 Å². The van der Waals surface area contributed by atoms with Gasteiger partial charge in [-0.3, -0.25) is 9.78 Å². The Hall–Kier alpha value is -2.40. The number of carbonyl (C=O) groups is 1. The standard InChI is InChI=1S/C19H17BrN2O2/c1-19(2,24-15-10-8-14(20)9-11-15)18(23)22-16-7-3-5-13-6-4-12-21-17(13)16/h3-12H,1-2H3,(H,22,23).